The highest BCUT2D eigenvalue weighted by Crippen LogP contribution is 2.22. The summed E-state index contributed by atoms with van der Waals surface area (Å²) in [6, 6.07) is 6.25. The van der Waals surface area contributed by atoms with Gasteiger partial charge in [0.05, 0.1) is 23.7 Å². The van der Waals surface area contributed by atoms with E-state index in [0.29, 0.717) is 31.2 Å². The van der Waals surface area contributed by atoms with Gasteiger partial charge in [-0.15, -0.1) is 0 Å². The van der Waals surface area contributed by atoms with Crippen molar-refractivity contribution in [3.63, 3.8) is 0 Å². The van der Waals surface area contributed by atoms with Crippen molar-refractivity contribution in [2.24, 2.45) is 5.92 Å². The molecule has 8 heteroatoms. The molecule has 25 heavy (non-hydrogen) atoms. The SMILES string of the molecule is Cc1nn(Cc2ccc(F)cc2)c(Cl)c1CNCC1CCS(=O)(=O)C1. The summed E-state index contributed by atoms with van der Waals surface area (Å²) in [5.74, 6) is 0.439. The van der Waals surface area contributed by atoms with Gasteiger partial charge in [-0.1, -0.05) is 23.7 Å². The molecule has 1 N–H and O–H groups in total. The molecule has 136 valence electrons. The van der Waals surface area contributed by atoms with Crippen LogP contribution in [0.1, 0.15) is 23.2 Å². The highest BCUT2D eigenvalue weighted by atomic mass is 35.5. The van der Waals surface area contributed by atoms with Crippen LogP contribution in [0.3, 0.4) is 0 Å². The molecule has 1 unspecified atom stereocenters. The molecule has 1 aromatic heterocycles. The molecule has 0 spiro atoms. The van der Waals surface area contributed by atoms with Crippen LogP contribution in [0.25, 0.3) is 0 Å². The molecule has 0 amide bonds. The highest BCUT2D eigenvalue weighted by molar-refractivity contribution is 7.91. The third-order valence-electron chi connectivity index (χ3n) is 4.49. The highest BCUT2D eigenvalue weighted by Gasteiger charge is 2.27. The van der Waals surface area contributed by atoms with Crippen LogP contribution >= 0.6 is 11.6 Å². The Morgan fingerprint density at radius 3 is 2.72 bits per heavy atom. The lowest BCUT2D eigenvalue weighted by molar-refractivity contribution is 0.520. The van der Waals surface area contributed by atoms with Crippen molar-refractivity contribution in [2.45, 2.75) is 26.4 Å². The van der Waals surface area contributed by atoms with Crippen molar-refractivity contribution < 1.29 is 12.8 Å². The summed E-state index contributed by atoms with van der Waals surface area (Å²) in [7, 11) is -2.85. The van der Waals surface area contributed by atoms with E-state index in [2.05, 4.69) is 10.4 Å². The molecular formula is C17H21ClFN3O2S. The second-order valence-electron chi connectivity index (χ2n) is 6.54. The van der Waals surface area contributed by atoms with Crippen LogP contribution in [0.5, 0.6) is 0 Å². The van der Waals surface area contributed by atoms with Crippen LogP contribution in [0, 0.1) is 18.7 Å². The minimum atomic E-state index is -2.85. The van der Waals surface area contributed by atoms with Gasteiger partial charge in [0, 0.05) is 12.1 Å². The van der Waals surface area contributed by atoms with Crippen molar-refractivity contribution in [3.05, 3.63) is 52.1 Å². The minimum Gasteiger partial charge on any atom is -0.312 e. The van der Waals surface area contributed by atoms with E-state index in [4.69, 9.17) is 11.6 Å². The number of benzene rings is 1. The second kappa shape index (κ2) is 7.43. The fraction of sp³-hybridized carbons (Fsp3) is 0.471. The Hall–Kier alpha value is -1.44. The van der Waals surface area contributed by atoms with Crippen LogP contribution in [-0.4, -0.2) is 36.2 Å². The number of aromatic nitrogens is 2. The summed E-state index contributed by atoms with van der Waals surface area (Å²) < 4.78 is 37.7. The lowest BCUT2D eigenvalue weighted by atomic mass is 10.1. The molecule has 2 heterocycles. The van der Waals surface area contributed by atoms with Gasteiger partial charge in [-0.3, -0.25) is 0 Å². The Balaban J connectivity index is 1.60. The van der Waals surface area contributed by atoms with Gasteiger partial charge in [0.2, 0.25) is 0 Å². The van der Waals surface area contributed by atoms with Crippen molar-refractivity contribution in [1.82, 2.24) is 15.1 Å². The zero-order chi connectivity index (χ0) is 18.0. The van der Waals surface area contributed by atoms with E-state index in [1.807, 2.05) is 6.92 Å². The number of halogens is 2. The van der Waals surface area contributed by atoms with Crippen molar-refractivity contribution in [2.75, 3.05) is 18.1 Å². The maximum atomic E-state index is 13.0. The summed E-state index contributed by atoms with van der Waals surface area (Å²) in [6.45, 7) is 3.56. The summed E-state index contributed by atoms with van der Waals surface area (Å²) >= 11 is 6.44. The van der Waals surface area contributed by atoms with Gasteiger partial charge in [0.25, 0.3) is 0 Å². The van der Waals surface area contributed by atoms with Gasteiger partial charge in [-0.25, -0.2) is 17.5 Å². The van der Waals surface area contributed by atoms with Crippen LogP contribution in [0.4, 0.5) is 4.39 Å². The first kappa shape index (κ1) is 18.4. The van der Waals surface area contributed by atoms with E-state index in [1.54, 1.807) is 16.8 Å². The fourth-order valence-corrected chi connectivity index (χ4v) is 5.26. The number of hydrogen-bond donors (Lipinski definition) is 1. The predicted molar refractivity (Wildman–Crippen MR) is 95.9 cm³/mol. The largest absolute Gasteiger partial charge is 0.312 e. The number of rotatable bonds is 6. The van der Waals surface area contributed by atoms with E-state index < -0.39 is 9.84 Å². The molecule has 5 nitrogen and oxygen atoms in total. The van der Waals surface area contributed by atoms with Gasteiger partial charge in [-0.2, -0.15) is 5.10 Å². The van der Waals surface area contributed by atoms with E-state index in [9.17, 15) is 12.8 Å². The Bertz CT molecular complexity index is 850. The number of nitrogens with one attached hydrogen (secondary N) is 1. The smallest absolute Gasteiger partial charge is 0.150 e. The Kier molecular flexibility index (Phi) is 5.46. The molecule has 1 aliphatic heterocycles. The molecule has 3 rings (SSSR count). The maximum Gasteiger partial charge on any atom is 0.150 e. The number of hydrogen-bond acceptors (Lipinski definition) is 4. The lowest BCUT2D eigenvalue weighted by Gasteiger charge is -2.09. The molecule has 1 saturated heterocycles. The molecular weight excluding hydrogens is 365 g/mol. The molecule has 1 aliphatic rings. The van der Waals surface area contributed by atoms with Gasteiger partial charge in [-0.05, 0) is 43.5 Å². The predicted octanol–water partition coefficient (Wildman–Crippen LogP) is 2.56. The van der Waals surface area contributed by atoms with Crippen molar-refractivity contribution in [1.29, 1.82) is 0 Å². The fourth-order valence-electron chi connectivity index (χ4n) is 3.09. The van der Waals surface area contributed by atoms with Crippen LogP contribution in [0.15, 0.2) is 24.3 Å². The van der Waals surface area contributed by atoms with E-state index in [0.717, 1.165) is 16.8 Å². The van der Waals surface area contributed by atoms with E-state index >= 15 is 0 Å². The standard InChI is InChI=1S/C17H21ClFN3O2S/c1-12-16(9-20-8-14-6-7-25(23,24)11-14)17(18)22(21-12)10-13-2-4-15(19)5-3-13/h2-5,14,20H,6-11H2,1H3. The Labute approximate surface area is 152 Å². The molecule has 2 aromatic rings. The maximum absolute atomic E-state index is 13.0. The number of aryl methyl sites for hydroxylation is 1. The van der Waals surface area contributed by atoms with Crippen LogP contribution in [0.2, 0.25) is 5.15 Å². The average molecular weight is 386 g/mol. The third-order valence-corrected chi connectivity index (χ3v) is 6.75. The van der Waals surface area contributed by atoms with Crippen molar-refractivity contribution in [3.8, 4) is 0 Å². The Morgan fingerprint density at radius 1 is 1.36 bits per heavy atom. The zero-order valence-electron chi connectivity index (χ0n) is 14.0. The monoisotopic (exact) mass is 385 g/mol. The van der Waals surface area contributed by atoms with Gasteiger partial charge in [0.15, 0.2) is 9.84 Å². The molecule has 0 radical (unpaired) electrons. The van der Waals surface area contributed by atoms with E-state index in [-0.39, 0.29) is 23.2 Å². The van der Waals surface area contributed by atoms with E-state index in [1.165, 1.54) is 12.1 Å². The molecule has 0 saturated carbocycles. The summed E-state index contributed by atoms with van der Waals surface area (Å²) in [5.41, 5.74) is 2.66. The van der Waals surface area contributed by atoms with Crippen LogP contribution < -0.4 is 5.32 Å². The molecule has 1 fully saturated rings. The summed E-state index contributed by atoms with van der Waals surface area (Å²) in [6.07, 6.45) is 0.714. The topological polar surface area (TPSA) is 64.0 Å². The van der Waals surface area contributed by atoms with Gasteiger partial charge < -0.3 is 5.32 Å². The number of sulfone groups is 1. The first-order valence-electron chi connectivity index (χ1n) is 8.21. The molecule has 1 atom stereocenters. The van der Waals surface area contributed by atoms with Crippen molar-refractivity contribution >= 4 is 21.4 Å². The third kappa shape index (κ3) is 4.59. The molecule has 0 bridgehead atoms. The summed E-state index contributed by atoms with van der Waals surface area (Å²) in [4.78, 5) is 0. The normalized spacial score (nSPS) is 19.4. The number of nitrogens with zero attached hydrogens (tertiary/aromatic N) is 2. The Morgan fingerprint density at radius 2 is 2.08 bits per heavy atom. The quantitative estimate of drug-likeness (QED) is 0.830. The average Bonchev–Trinajstić information content (AvgIpc) is 3.03. The summed E-state index contributed by atoms with van der Waals surface area (Å²) in [5, 5.41) is 8.30. The second-order valence-corrected chi connectivity index (χ2v) is 9.13. The van der Waals surface area contributed by atoms with Crippen LogP contribution in [-0.2, 0) is 22.9 Å². The molecule has 1 aromatic carbocycles. The minimum absolute atomic E-state index is 0.165. The first-order chi connectivity index (χ1) is 11.8. The zero-order valence-corrected chi connectivity index (χ0v) is 15.6. The first-order valence-corrected chi connectivity index (χ1v) is 10.4. The van der Waals surface area contributed by atoms with Gasteiger partial charge >= 0.3 is 0 Å². The van der Waals surface area contributed by atoms with Gasteiger partial charge in [0.1, 0.15) is 11.0 Å². The lowest BCUT2D eigenvalue weighted by Crippen LogP contribution is -2.23. The molecule has 0 aliphatic carbocycles.